The SMILES string of the molecule is CCNC(=NCC1(CCO)CCCCC1)NCCc1ccc(OC)c(OC)c1OC. The summed E-state index contributed by atoms with van der Waals surface area (Å²) in [6.45, 7) is 4.57. The van der Waals surface area contributed by atoms with Crippen LogP contribution in [0.15, 0.2) is 17.1 Å². The fraction of sp³-hybridized carbons (Fsp3) is 0.696. The first-order chi connectivity index (χ1) is 14.6. The average molecular weight is 422 g/mol. The monoisotopic (exact) mass is 421 g/mol. The number of aliphatic hydroxyl groups is 1. The first kappa shape index (κ1) is 24.1. The predicted octanol–water partition coefficient (Wildman–Crippen LogP) is 3.14. The number of nitrogens with one attached hydrogen (secondary N) is 2. The van der Waals surface area contributed by atoms with E-state index >= 15 is 0 Å². The lowest BCUT2D eigenvalue weighted by atomic mass is 9.72. The van der Waals surface area contributed by atoms with Gasteiger partial charge in [0.15, 0.2) is 17.5 Å². The molecule has 0 unspecified atom stereocenters. The Balaban J connectivity index is 2.03. The average Bonchev–Trinajstić information content (AvgIpc) is 2.77. The Labute approximate surface area is 181 Å². The Morgan fingerprint density at radius 1 is 1.03 bits per heavy atom. The van der Waals surface area contributed by atoms with Crippen molar-refractivity contribution in [3.05, 3.63) is 17.7 Å². The molecule has 0 heterocycles. The molecular weight excluding hydrogens is 382 g/mol. The predicted molar refractivity (Wildman–Crippen MR) is 121 cm³/mol. The lowest BCUT2D eigenvalue weighted by Gasteiger charge is -2.35. The highest BCUT2D eigenvalue weighted by Crippen LogP contribution is 2.40. The summed E-state index contributed by atoms with van der Waals surface area (Å²) >= 11 is 0. The molecule has 1 saturated carbocycles. The topological polar surface area (TPSA) is 84.3 Å². The zero-order valence-electron chi connectivity index (χ0n) is 19.1. The van der Waals surface area contributed by atoms with Gasteiger partial charge in [-0.3, -0.25) is 4.99 Å². The van der Waals surface area contributed by atoms with Crippen LogP contribution in [0.2, 0.25) is 0 Å². The third-order valence-corrected chi connectivity index (χ3v) is 5.95. The van der Waals surface area contributed by atoms with Gasteiger partial charge in [-0.05, 0) is 44.1 Å². The van der Waals surface area contributed by atoms with E-state index in [-0.39, 0.29) is 12.0 Å². The van der Waals surface area contributed by atoms with Crippen molar-refractivity contribution in [1.82, 2.24) is 10.6 Å². The van der Waals surface area contributed by atoms with Gasteiger partial charge in [-0.15, -0.1) is 0 Å². The Morgan fingerprint density at radius 2 is 1.77 bits per heavy atom. The Morgan fingerprint density at radius 3 is 2.37 bits per heavy atom. The quantitative estimate of drug-likeness (QED) is 0.376. The summed E-state index contributed by atoms with van der Waals surface area (Å²) in [5.74, 6) is 2.79. The first-order valence-electron chi connectivity index (χ1n) is 11.0. The van der Waals surface area contributed by atoms with Crippen LogP contribution in [0.25, 0.3) is 0 Å². The van der Waals surface area contributed by atoms with Gasteiger partial charge in [0, 0.05) is 31.8 Å². The zero-order chi connectivity index (χ0) is 21.8. The molecule has 3 N–H and O–H groups in total. The van der Waals surface area contributed by atoms with Crippen molar-refractivity contribution < 1.29 is 19.3 Å². The molecule has 7 nitrogen and oxygen atoms in total. The molecule has 1 aliphatic carbocycles. The largest absolute Gasteiger partial charge is 0.493 e. The van der Waals surface area contributed by atoms with Crippen molar-refractivity contribution in [2.75, 3.05) is 47.6 Å². The van der Waals surface area contributed by atoms with E-state index in [2.05, 4.69) is 17.6 Å². The van der Waals surface area contributed by atoms with Gasteiger partial charge in [0.05, 0.1) is 21.3 Å². The van der Waals surface area contributed by atoms with E-state index < -0.39 is 0 Å². The smallest absolute Gasteiger partial charge is 0.203 e. The van der Waals surface area contributed by atoms with E-state index in [0.29, 0.717) is 23.8 Å². The number of hydrogen-bond donors (Lipinski definition) is 3. The Kier molecular flexibility index (Phi) is 10.1. The van der Waals surface area contributed by atoms with E-state index in [1.54, 1.807) is 21.3 Å². The molecular formula is C23H39N3O4. The molecule has 0 aromatic heterocycles. The second-order valence-electron chi connectivity index (χ2n) is 7.90. The molecule has 7 heteroatoms. The minimum atomic E-state index is 0.141. The maximum Gasteiger partial charge on any atom is 0.203 e. The number of nitrogens with zero attached hydrogens (tertiary/aromatic N) is 1. The molecule has 2 rings (SSSR count). The van der Waals surface area contributed by atoms with Gasteiger partial charge in [-0.25, -0.2) is 0 Å². The molecule has 1 aromatic rings. The van der Waals surface area contributed by atoms with Gasteiger partial charge in [0.25, 0.3) is 0 Å². The van der Waals surface area contributed by atoms with Crippen LogP contribution < -0.4 is 24.8 Å². The maximum atomic E-state index is 9.54. The number of aliphatic hydroxyl groups excluding tert-OH is 1. The molecule has 1 fully saturated rings. The van der Waals surface area contributed by atoms with E-state index in [1.807, 2.05) is 12.1 Å². The third-order valence-electron chi connectivity index (χ3n) is 5.95. The molecule has 0 amide bonds. The van der Waals surface area contributed by atoms with Crippen LogP contribution in [0.3, 0.4) is 0 Å². The minimum absolute atomic E-state index is 0.141. The molecule has 0 saturated heterocycles. The summed E-state index contributed by atoms with van der Waals surface area (Å²) in [6.07, 6.45) is 7.66. The highest BCUT2D eigenvalue weighted by molar-refractivity contribution is 5.79. The number of ether oxygens (including phenoxy) is 3. The van der Waals surface area contributed by atoms with Crippen LogP contribution in [0, 0.1) is 5.41 Å². The van der Waals surface area contributed by atoms with Crippen molar-refractivity contribution >= 4 is 5.96 Å². The number of aliphatic imine (C=N–C) groups is 1. The van der Waals surface area contributed by atoms with Gasteiger partial charge >= 0.3 is 0 Å². The summed E-state index contributed by atoms with van der Waals surface area (Å²) in [5.41, 5.74) is 1.18. The van der Waals surface area contributed by atoms with E-state index in [0.717, 1.165) is 50.3 Å². The fourth-order valence-corrected chi connectivity index (χ4v) is 4.29. The standard InChI is InChI=1S/C23H39N3O4/c1-5-24-22(26-17-23(14-16-27)12-7-6-8-13-23)25-15-11-18-9-10-19(28-2)21(30-4)20(18)29-3/h9-10,27H,5-8,11-17H2,1-4H3,(H2,24,25,26). The normalized spacial score (nSPS) is 16.1. The minimum Gasteiger partial charge on any atom is -0.493 e. The second kappa shape index (κ2) is 12.5. The number of benzene rings is 1. The van der Waals surface area contributed by atoms with Crippen molar-refractivity contribution in [2.45, 2.75) is 51.9 Å². The van der Waals surface area contributed by atoms with Crippen LogP contribution >= 0.6 is 0 Å². The summed E-state index contributed by atoms with van der Waals surface area (Å²) in [7, 11) is 4.88. The molecule has 0 bridgehead atoms. The van der Waals surface area contributed by atoms with Crippen LogP contribution in [0.5, 0.6) is 17.2 Å². The van der Waals surface area contributed by atoms with Crippen molar-refractivity contribution in [3.63, 3.8) is 0 Å². The molecule has 1 aromatic carbocycles. The molecule has 0 spiro atoms. The molecule has 0 aliphatic heterocycles. The number of guanidine groups is 1. The van der Waals surface area contributed by atoms with E-state index in [4.69, 9.17) is 19.2 Å². The van der Waals surface area contributed by atoms with Crippen LogP contribution in [-0.2, 0) is 6.42 Å². The lowest BCUT2D eigenvalue weighted by Crippen LogP contribution is -2.40. The van der Waals surface area contributed by atoms with Crippen molar-refractivity contribution in [3.8, 4) is 17.2 Å². The Hall–Kier alpha value is -2.15. The second-order valence-corrected chi connectivity index (χ2v) is 7.90. The van der Waals surface area contributed by atoms with Gasteiger partial charge in [-0.2, -0.15) is 0 Å². The van der Waals surface area contributed by atoms with E-state index in [9.17, 15) is 5.11 Å². The summed E-state index contributed by atoms with van der Waals surface area (Å²) in [4.78, 5) is 4.87. The third kappa shape index (κ3) is 6.42. The van der Waals surface area contributed by atoms with Gasteiger partial charge in [0.2, 0.25) is 5.75 Å². The first-order valence-corrected chi connectivity index (χ1v) is 11.0. The van der Waals surface area contributed by atoms with Crippen molar-refractivity contribution in [2.24, 2.45) is 10.4 Å². The summed E-state index contributed by atoms with van der Waals surface area (Å²) in [6, 6.07) is 3.90. The fourth-order valence-electron chi connectivity index (χ4n) is 4.29. The molecule has 0 radical (unpaired) electrons. The van der Waals surface area contributed by atoms with E-state index in [1.165, 1.54) is 19.3 Å². The maximum absolute atomic E-state index is 9.54. The van der Waals surface area contributed by atoms with Gasteiger partial charge < -0.3 is 30.0 Å². The number of hydrogen-bond acceptors (Lipinski definition) is 5. The number of methoxy groups -OCH3 is 3. The van der Waals surface area contributed by atoms with Crippen LogP contribution in [0.4, 0.5) is 0 Å². The zero-order valence-corrected chi connectivity index (χ0v) is 19.1. The van der Waals surface area contributed by atoms with Gasteiger partial charge in [-0.1, -0.05) is 25.3 Å². The van der Waals surface area contributed by atoms with Gasteiger partial charge in [0.1, 0.15) is 0 Å². The van der Waals surface area contributed by atoms with Crippen LogP contribution in [-0.4, -0.2) is 58.6 Å². The molecule has 30 heavy (non-hydrogen) atoms. The highest BCUT2D eigenvalue weighted by Gasteiger charge is 2.31. The lowest BCUT2D eigenvalue weighted by molar-refractivity contribution is 0.137. The number of rotatable bonds is 11. The van der Waals surface area contributed by atoms with Crippen LogP contribution in [0.1, 0.15) is 51.0 Å². The summed E-state index contributed by atoms with van der Waals surface area (Å²) in [5, 5.41) is 16.3. The van der Waals surface area contributed by atoms with Crippen molar-refractivity contribution in [1.29, 1.82) is 0 Å². The molecule has 0 atom stereocenters. The Bertz CT molecular complexity index is 667. The molecule has 1 aliphatic rings. The summed E-state index contributed by atoms with van der Waals surface area (Å²) < 4.78 is 16.4. The molecule has 170 valence electrons. The highest BCUT2D eigenvalue weighted by atomic mass is 16.5.